The highest BCUT2D eigenvalue weighted by atomic mass is 35.5. The second-order valence-electron chi connectivity index (χ2n) is 2.36. The van der Waals surface area contributed by atoms with Crippen molar-refractivity contribution in [3.05, 3.63) is 0 Å². The highest BCUT2D eigenvalue weighted by Gasteiger charge is 2.21. The zero-order chi connectivity index (χ0) is 5.98. The molecule has 0 unspecified atom stereocenters. The van der Waals surface area contributed by atoms with E-state index < -0.39 is 0 Å². The number of ether oxygens (including phenoxy) is 1. The molecular formula is C6H14ClNO. The van der Waals surface area contributed by atoms with E-state index in [0.29, 0.717) is 12.0 Å². The van der Waals surface area contributed by atoms with Crippen LogP contribution in [0.2, 0.25) is 0 Å². The molecule has 0 radical (unpaired) electrons. The van der Waals surface area contributed by atoms with Crippen molar-refractivity contribution in [3.8, 4) is 0 Å². The van der Waals surface area contributed by atoms with Gasteiger partial charge < -0.3 is 10.5 Å². The maximum Gasteiger partial charge on any atom is 0.0588 e. The Balaban J connectivity index is 0.000000640. The standard InChI is InChI=1S/C6H13NO.ClH/c1-5-6(4-7)2-3-8-5;/h5-6H,2-4,7H2,1H3;1H/t5-,6-;/m0./s1. The molecule has 2 N–H and O–H groups in total. The van der Waals surface area contributed by atoms with Gasteiger partial charge in [-0.15, -0.1) is 12.4 Å². The summed E-state index contributed by atoms with van der Waals surface area (Å²) in [5, 5.41) is 0. The molecular weight excluding hydrogens is 138 g/mol. The molecule has 1 saturated heterocycles. The molecule has 1 fully saturated rings. The Bertz CT molecular complexity index is 79.5. The van der Waals surface area contributed by atoms with Gasteiger partial charge in [-0.05, 0) is 25.8 Å². The smallest absolute Gasteiger partial charge is 0.0588 e. The number of halogens is 1. The van der Waals surface area contributed by atoms with Gasteiger partial charge in [0.05, 0.1) is 6.10 Å². The molecule has 0 bridgehead atoms. The SMILES string of the molecule is C[C@@H]1OCC[C@H]1CN.Cl. The van der Waals surface area contributed by atoms with E-state index in [9.17, 15) is 0 Å². The summed E-state index contributed by atoms with van der Waals surface area (Å²) in [6, 6.07) is 0. The Morgan fingerprint density at radius 1 is 1.67 bits per heavy atom. The number of hydrogen-bond acceptors (Lipinski definition) is 2. The first-order chi connectivity index (χ1) is 3.84. The lowest BCUT2D eigenvalue weighted by molar-refractivity contribution is 0.107. The first-order valence-corrected chi connectivity index (χ1v) is 3.16. The van der Waals surface area contributed by atoms with Gasteiger partial charge in [-0.2, -0.15) is 0 Å². The van der Waals surface area contributed by atoms with Crippen LogP contribution in [0.15, 0.2) is 0 Å². The Morgan fingerprint density at radius 2 is 2.33 bits per heavy atom. The van der Waals surface area contributed by atoms with E-state index in [2.05, 4.69) is 6.92 Å². The highest BCUT2D eigenvalue weighted by Crippen LogP contribution is 2.18. The topological polar surface area (TPSA) is 35.2 Å². The third kappa shape index (κ3) is 2.12. The summed E-state index contributed by atoms with van der Waals surface area (Å²) < 4.78 is 5.28. The van der Waals surface area contributed by atoms with Crippen molar-refractivity contribution < 1.29 is 4.74 Å². The van der Waals surface area contributed by atoms with Gasteiger partial charge in [0.15, 0.2) is 0 Å². The average Bonchev–Trinajstić information content (AvgIpc) is 2.14. The first kappa shape index (κ1) is 9.21. The predicted molar refractivity (Wildman–Crippen MR) is 39.8 cm³/mol. The molecule has 56 valence electrons. The third-order valence-electron chi connectivity index (χ3n) is 1.84. The average molecular weight is 152 g/mol. The van der Waals surface area contributed by atoms with Gasteiger partial charge >= 0.3 is 0 Å². The van der Waals surface area contributed by atoms with Gasteiger partial charge in [0.2, 0.25) is 0 Å². The summed E-state index contributed by atoms with van der Waals surface area (Å²) >= 11 is 0. The van der Waals surface area contributed by atoms with Crippen molar-refractivity contribution in [3.63, 3.8) is 0 Å². The lowest BCUT2D eigenvalue weighted by Crippen LogP contribution is -2.20. The largest absolute Gasteiger partial charge is 0.378 e. The second-order valence-corrected chi connectivity index (χ2v) is 2.36. The first-order valence-electron chi connectivity index (χ1n) is 3.16. The van der Waals surface area contributed by atoms with Crippen molar-refractivity contribution in [1.29, 1.82) is 0 Å². The summed E-state index contributed by atoms with van der Waals surface area (Å²) in [7, 11) is 0. The minimum absolute atomic E-state index is 0. The molecule has 2 nitrogen and oxygen atoms in total. The second kappa shape index (κ2) is 4.09. The zero-order valence-corrected chi connectivity index (χ0v) is 6.49. The predicted octanol–water partition coefficient (Wildman–Crippen LogP) is 0.792. The minimum Gasteiger partial charge on any atom is -0.378 e. The molecule has 9 heavy (non-hydrogen) atoms. The van der Waals surface area contributed by atoms with Crippen LogP contribution in [0.5, 0.6) is 0 Å². The molecule has 3 heteroatoms. The summed E-state index contributed by atoms with van der Waals surface area (Å²) in [5.74, 6) is 0.620. The summed E-state index contributed by atoms with van der Waals surface area (Å²) in [6.07, 6.45) is 1.55. The van der Waals surface area contributed by atoms with Crippen LogP contribution in [-0.4, -0.2) is 19.3 Å². The van der Waals surface area contributed by atoms with Gasteiger partial charge in [0, 0.05) is 6.61 Å². The molecule has 0 aliphatic carbocycles. The molecule has 0 amide bonds. The molecule has 0 aromatic carbocycles. The summed E-state index contributed by atoms with van der Waals surface area (Å²) in [5.41, 5.74) is 5.44. The lowest BCUT2D eigenvalue weighted by atomic mass is 10.0. The molecule has 0 spiro atoms. The molecule has 0 saturated carbocycles. The van der Waals surface area contributed by atoms with Crippen LogP contribution in [0.4, 0.5) is 0 Å². The van der Waals surface area contributed by atoms with Crippen molar-refractivity contribution in [2.75, 3.05) is 13.2 Å². The van der Waals surface area contributed by atoms with Crippen LogP contribution in [0.3, 0.4) is 0 Å². The highest BCUT2D eigenvalue weighted by molar-refractivity contribution is 5.85. The maximum atomic E-state index is 5.44. The molecule has 2 atom stereocenters. The molecule has 1 heterocycles. The Kier molecular flexibility index (Phi) is 4.19. The third-order valence-corrected chi connectivity index (χ3v) is 1.84. The van der Waals surface area contributed by atoms with Crippen LogP contribution in [0, 0.1) is 5.92 Å². The number of rotatable bonds is 1. The van der Waals surface area contributed by atoms with E-state index in [4.69, 9.17) is 10.5 Å². The van der Waals surface area contributed by atoms with Crippen LogP contribution in [0.25, 0.3) is 0 Å². The quantitative estimate of drug-likeness (QED) is 0.602. The van der Waals surface area contributed by atoms with Crippen molar-refractivity contribution in [1.82, 2.24) is 0 Å². The fourth-order valence-corrected chi connectivity index (χ4v) is 1.09. The summed E-state index contributed by atoms with van der Waals surface area (Å²) in [4.78, 5) is 0. The van der Waals surface area contributed by atoms with E-state index in [1.165, 1.54) is 0 Å². The fraction of sp³-hybridized carbons (Fsp3) is 1.00. The van der Waals surface area contributed by atoms with Crippen LogP contribution in [-0.2, 0) is 4.74 Å². The van der Waals surface area contributed by atoms with Crippen molar-refractivity contribution >= 4 is 12.4 Å². The molecule has 1 aliphatic rings. The Hall–Kier alpha value is 0.210. The van der Waals surface area contributed by atoms with Gasteiger partial charge in [-0.3, -0.25) is 0 Å². The van der Waals surface area contributed by atoms with Crippen LogP contribution in [0.1, 0.15) is 13.3 Å². The molecule has 0 aromatic rings. The van der Waals surface area contributed by atoms with Crippen LogP contribution >= 0.6 is 12.4 Å². The number of nitrogens with two attached hydrogens (primary N) is 1. The number of hydrogen-bond donors (Lipinski definition) is 1. The van der Waals surface area contributed by atoms with Crippen LogP contribution < -0.4 is 5.73 Å². The lowest BCUT2D eigenvalue weighted by Gasteiger charge is -2.08. The van der Waals surface area contributed by atoms with E-state index in [-0.39, 0.29) is 12.4 Å². The Labute approximate surface area is 62.2 Å². The van der Waals surface area contributed by atoms with E-state index in [1.54, 1.807) is 0 Å². The van der Waals surface area contributed by atoms with Crippen molar-refractivity contribution in [2.24, 2.45) is 11.7 Å². The monoisotopic (exact) mass is 151 g/mol. The van der Waals surface area contributed by atoms with Gasteiger partial charge in [0.25, 0.3) is 0 Å². The van der Waals surface area contributed by atoms with Gasteiger partial charge in [0.1, 0.15) is 0 Å². The molecule has 1 aliphatic heterocycles. The van der Waals surface area contributed by atoms with Gasteiger partial charge in [-0.25, -0.2) is 0 Å². The van der Waals surface area contributed by atoms with E-state index in [1.807, 2.05) is 0 Å². The maximum absolute atomic E-state index is 5.44. The fourth-order valence-electron chi connectivity index (χ4n) is 1.09. The molecule has 1 rings (SSSR count). The minimum atomic E-state index is 0. The summed E-state index contributed by atoms with van der Waals surface area (Å²) in [6.45, 7) is 3.77. The Morgan fingerprint density at radius 3 is 2.56 bits per heavy atom. The van der Waals surface area contributed by atoms with E-state index in [0.717, 1.165) is 19.6 Å². The van der Waals surface area contributed by atoms with Gasteiger partial charge in [-0.1, -0.05) is 0 Å². The van der Waals surface area contributed by atoms with Crippen molar-refractivity contribution in [2.45, 2.75) is 19.4 Å². The molecule has 0 aromatic heterocycles. The zero-order valence-electron chi connectivity index (χ0n) is 5.67. The normalized spacial score (nSPS) is 34.0. The van der Waals surface area contributed by atoms with E-state index >= 15 is 0 Å².